The van der Waals surface area contributed by atoms with Crippen molar-refractivity contribution >= 4 is 75.7 Å². The number of furan rings is 1. The average molecular weight is 575 g/mol. The van der Waals surface area contributed by atoms with Gasteiger partial charge in [0.2, 0.25) is 5.91 Å². The number of benzene rings is 2. The zero-order chi connectivity index (χ0) is 27.6. The molecule has 13 heteroatoms. The third-order valence-electron chi connectivity index (χ3n) is 5.21. The van der Waals surface area contributed by atoms with E-state index in [0.29, 0.717) is 23.1 Å². The smallest absolute Gasteiger partial charge is 0.339 e. The van der Waals surface area contributed by atoms with Crippen LogP contribution in [0.4, 0.5) is 10.5 Å². The molecule has 2 N–H and O–H groups in total. The van der Waals surface area contributed by atoms with Crippen LogP contribution in [0.2, 0.25) is 10.0 Å². The highest BCUT2D eigenvalue weighted by atomic mass is 35.5. The number of esters is 1. The molecule has 1 saturated heterocycles. The first-order valence-electron chi connectivity index (χ1n) is 10.6. The maximum atomic E-state index is 12.8. The summed E-state index contributed by atoms with van der Waals surface area (Å²) in [4.78, 5) is 61.7. The molecule has 194 valence electrons. The molecule has 10 nitrogen and oxygen atoms in total. The van der Waals surface area contributed by atoms with Gasteiger partial charge in [0.15, 0.2) is 0 Å². The van der Waals surface area contributed by atoms with E-state index in [2.05, 4.69) is 10.1 Å². The Morgan fingerprint density at radius 1 is 1.05 bits per heavy atom. The third kappa shape index (κ3) is 5.75. The molecule has 1 fully saturated rings. The van der Waals surface area contributed by atoms with Gasteiger partial charge in [-0.15, -0.1) is 0 Å². The lowest BCUT2D eigenvalue weighted by molar-refractivity contribution is -0.127. The predicted molar refractivity (Wildman–Crippen MR) is 140 cm³/mol. The molecule has 0 aliphatic carbocycles. The van der Waals surface area contributed by atoms with Crippen molar-refractivity contribution in [3.8, 4) is 11.3 Å². The third-order valence-corrected chi connectivity index (χ3v) is 6.78. The van der Waals surface area contributed by atoms with Crippen molar-refractivity contribution in [3.63, 3.8) is 0 Å². The van der Waals surface area contributed by atoms with Crippen LogP contribution in [0.1, 0.15) is 26.5 Å². The van der Waals surface area contributed by atoms with E-state index in [-0.39, 0.29) is 37.5 Å². The lowest BCUT2D eigenvalue weighted by Gasteiger charge is -2.13. The maximum absolute atomic E-state index is 12.8. The van der Waals surface area contributed by atoms with E-state index < -0.39 is 35.5 Å². The van der Waals surface area contributed by atoms with E-state index in [0.717, 1.165) is 4.90 Å². The Hall–Kier alpha value is -4.06. The number of methoxy groups -OCH3 is 1. The summed E-state index contributed by atoms with van der Waals surface area (Å²) < 4.78 is 10.3. The molecule has 1 aliphatic heterocycles. The largest absolute Gasteiger partial charge is 0.478 e. The van der Waals surface area contributed by atoms with Gasteiger partial charge in [0.1, 0.15) is 18.1 Å². The van der Waals surface area contributed by atoms with E-state index in [4.69, 9.17) is 27.6 Å². The molecule has 0 atom stereocenters. The molecule has 0 unspecified atom stereocenters. The second-order valence-electron chi connectivity index (χ2n) is 7.70. The van der Waals surface area contributed by atoms with Gasteiger partial charge in [0.25, 0.3) is 11.1 Å². The number of hydrogen-bond acceptors (Lipinski definition) is 8. The monoisotopic (exact) mass is 574 g/mol. The van der Waals surface area contributed by atoms with Crippen LogP contribution in [0, 0.1) is 0 Å². The first-order valence-corrected chi connectivity index (χ1v) is 12.2. The van der Waals surface area contributed by atoms with E-state index >= 15 is 0 Å². The van der Waals surface area contributed by atoms with E-state index in [9.17, 15) is 29.1 Å². The number of carboxylic acid groups (broad SMARTS) is 1. The summed E-state index contributed by atoms with van der Waals surface area (Å²) in [5, 5.41) is 11.3. The molecule has 3 aromatic rings. The summed E-state index contributed by atoms with van der Waals surface area (Å²) in [6.45, 7) is -0.565. The summed E-state index contributed by atoms with van der Waals surface area (Å²) >= 11 is 12.5. The normalized spacial score (nSPS) is 14.2. The fourth-order valence-corrected chi connectivity index (χ4v) is 4.62. The molecule has 2 heterocycles. The maximum Gasteiger partial charge on any atom is 0.339 e. The van der Waals surface area contributed by atoms with Crippen LogP contribution >= 0.6 is 35.0 Å². The van der Waals surface area contributed by atoms with Gasteiger partial charge in [-0.3, -0.25) is 19.3 Å². The quantitative estimate of drug-likeness (QED) is 0.279. The molecule has 2 aromatic carbocycles. The summed E-state index contributed by atoms with van der Waals surface area (Å²) in [6.07, 6.45) is 1.35. The van der Waals surface area contributed by atoms with Crippen LogP contribution < -0.4 is 5.32 Å². The van der Waals surface area contributed by atoms with Crippen molar-refractivity contribution in [1.82, 2.24) is 4.90 Å². The van der Waals surface area contributed by atoms with Crippen LogP contribution in [0.25, 0.3) is 17.4 Å². The highest BCUT2D eigenvalue weighted by Crippen LogP contribution is 2.34. The molecule has 1 aromatic heterocycles. The van der Waals surface area contributed by atoms with E-state index in [1.54, 1.807) is 18.2 Å². The lowest BCUT2D eigenvalue weighted by Crippen LogP contribution is -2.36. The van der Waals surface area contributed by atoms with Gasteiger partial charge in [-0.25, -0.2) is 9.59 Å². The van der Waals surface area contributed by atoms with Gasteiger partial charge in [0, 0.05) is 17.3 Å². The number of nitrogens with one attached hydrogen (secondary N) is 1. The molecule has 0 saturated carbocycles. The second-order valence-corrected chi connectivity index (χ2v) is 9.51. The standard InChI is InChI=1S/C25H16Cl2N2O8S/c1-36-24(34)16-9-13(3-6-18(16)27)28-21(30)11-29-22(31)20(38-25(29)35)10-14-4-7-19(37-14)12-2-5-17(26)15(8-12)23(32)33/h2-10H,11H2,1H3,(H,28,30)(H,32,33)/b20-10+. The van der Waals surface area contributed by atoms with Gasteiger partial charge < -0.3 is 19.6 Å². The minimum Gasteiger partial charge on any atom is -0.478 e. The number of anilines is 1. The van der Waals surface area contributed by atoms with Crippen LogP contribution in [-0.4, -0.2) is 52.7 Å². The van der Waals surface area contributed by atoms with Crippen molar-refractivity contribution in [3.05, 3.63) is 80.4 Å². The molecule has 3 amide bonds. The average Bonchev–Trinajstić information content (AvgIpc) is 3.45. The molecular formula is C25H16Cl2N2O8S. The van der Waals surface area contributed by atoms with Gasteiger partial charge in [-0.2, -0.15) is 0 Å². The number of hydrogen-bond donors (Lipinski definition) is 2. The van der Waals surface area contributed by atoms with Crippen molar-refractivity contribution in [2.45, 2.75) is 0 Å². The number of carboxylic acids is 1. The highest BCUT2D eigenvalue weighted by Gasteiger charge is 2.36. The number of rotatable bonds is 7. The van der Waals surface area contributed by atoms with Crippen molar-refractivity contribution in [2.24, 2.45) is 0 Å². The highest BCUT2D eigenvalue weighted by molar-refractivity contribution is 8.18. The number of amides is 3. The Labute approximate surface area is 229 Å². The molecule has 1 aliphatic rings. The van der Waals surface area contributed by atoms with Crippen molar-refractivity contribution in [2.75, 3.05) is 19.0 Å². The Bertz CT molecular complexity index is 1530. The summed E-state index contributed by atoms with van der Waals surface area (Å²) in [5.74, 6) is -2.70. The fraction of sp³-hybridized carbons (Fsp3) is 0.0800. The van der Waals surface area contributed by atoms with Gasteiger partial charge in [-0.1, -0.05) is 23.2 Å². The number of halogens is 2. The first-order chi connectivity index (χ1) is 18.1. The molecule has 38 heavy (non-hydrogen) atoms. The Morgan fingerprint density at radius 2 is 1.76 bits per heavy atom. The number of carbonyl (C=O) groups is 5. The number of carbonyl (C=O) groups excluding carboxylic acids is 4. The van der Waals surface area contributed by atoms with E-state index in [1.807, 2.05) is 0 Å². The predicted octanol–water partition coefficient (Wildman–Crippen LogP) is 5.41. The molecule has 0 bridgehead atoms. The van der Waals surface area contributed by atoms with Crippen LogP contribution in [0.5, 0.6) is 0 Å². The van der Waals surface area contributed by atoms with E-state index in [1.165, 1.54) is 43.5 Å². The van der Waals surface area contributed by atoms with Crippen molar-refractivity contribution in [1.29, 1.82) is 0 Å². The second kappa shape index (κ2) is 11.1. The molecular weight excluding hydrogens is 559 g/mol. The molecule has 4 rings (SSSR count). The Morgan fingerprint density at radius 3 is 2.47 bits per heavy atom. The number of aromatic carboxylic acids is 1. The number of ether oxygens (including phenoxy) is 1. The lowest BCUT2D eigenvalue weighted by atomic mass is 10.1. The van der Waals surface area contributed by atoms with Gasteiger partial charge in [-0.05, 0) is 60.3 Å². The minimum absolute atomic E-state index is 0.0329. The zero-order valence-electron chi connectivity index (χ0n) is 19.3. The first kappa shape index (κ1) is 27.0. The molecule has 0 spiro atoms. The number of imide groups is 1. The number of nitrogens with zero attached hydrogens (tertiary/aromatic N) is 1. The SMILES string of the molecule is COC(=O)c1cc(NC(=O)CN2C(=O)S/C(=C/c3ccc(-c4ccc(Cl)c(C(=O)O)c4)o3)C2=O)ccc1Cl. The van der Waals surface area contributed by atoms with Crippen LogP contribution in [-0.2, 0) is 14.3 Å². The Kier molecular flexibility index (Phi) is 7.91. The minimum atomic E-state index is -1.19. The van der Waals surface area contributed by atoms with Gasteiger partial charge in [0.05, 0.1) is 33.2 Å². The fourth-order valence-electron chi connectivity index (χ4n) is 3.41. The zero-order valence-corrected chi connectivity index (χ0v) is 21.6. The summed E-state index contributed by atoms with van der Waals surface area (Å²) in [7, 11) is 1.19. The Balaban J connectivity index is 1.46. The van der Waals surface area contributed by atoms with Crippen LogP contribution in [0.3, 0.4) is 0 Å². The van der Waals surface area contributed by atoms with Gasteiger partial charge >= 0.3 is 11.9 Å². The summed E-state index contributed by atoms with van der Waals surface area (Å²) in [6, 6.07) is 11.7. The van der Waals surface area contributed by atoms with Crippen molar-refractivity contribution < 1.29 is 38.2 Å². The summed E-state index contributed by atoms with van der Waals surface area (Å²) in [5.41, 5.74) is 0.616. The van der Waals surface area contributed by atoms with Crippen LogP contribution in [0.15, 0.2) is 57.9 Å². The topological polar surface area (TPSA) is 143 Å². The molecule has 0 radical (unpaired) electrons. The number of thioether (sulfide) groups is 1.